The summed E-state index contributed by atoms with van der Waals surface area (Å²) in [5, 5.41) is 12.2. The van der Waals surface area contributed by atoms with Gasteiger partial charge in [0.15, 0.2) is 0 Å². The molecule has 146 valence electrons. The number of carbonyl (C=O) groups excluding carboxylic acids is 2. The maximum atomic E-state index is 12.4. The number of carbonyl (C=O) groups is 3. The number of benzene rings is 1. The molecule has 1 aromatic carbocycles. The summed E-state index contributed by atoms with van der Waals surface area (Å²) in [6.07, 6.45) is 2.75. The van der Waals surface area contributed by atoms with E-state index < -0.39 is 12.0 Å². The highest BCUT2D eigenvalue weighted by Gasteiger charge is 2.43. The van der Waals surface area contributed by atoms with Crippen LogP contribution in [0.3, 0.4) is 0 Å². The number of urea groups is 1. The Balaban J connectivity index is 1.53. The van der Waals surface area contributed by atoms with Crippen molar-refractivity contribution in [2.75, 3.05) is 19.6 Å². The zero-order valence-electron chi connectivity index (χ0n) is 15.7. The molecule has 1 atom stereocenters. The van der Waals surface area contributed by atoms with Gasteiger partial charge in [0.05, 0.1) is 0 Å². The number of nitrogens with zero attached hydrogens (tertiary/aromatic N) is 2. The Morgan fingerprint density at radius 3 is 2.48 bits per heavy atom. The third-order valence-corrected chi connectivity index (χ3v) is 5.92. The van der Waals surface area contributed by atoms with E-state index in [0.29, 0.717) is 32.6 Å². The number of amides is 3. The molecule has 1 unspecified atom stereocenters. The summed E-state index contributed by atoms with van der Waals surface area (Å²) in [6, 6.07) is 8.91. The molecule has 0 radical (unpaired) electrons. The molecule has 3 amide bonds. The lowest BCUT2D eigenvalue weighted by Gasteiger charge is -2.48. The molecule has 2 heterocycles. The van der Waals surface area contributed by atoms with Crippen LogP contribution >= 0.6 is 0 Å². The fourth-order valence-corrected chi connectivity index (χ4v) is 4.01. The minimum Gasteiger partial charge on any atom is -0.480 e. The number of aliphatic carboxylic acids is 1. The van der Waals surface area contributed by atoms with Gasteiger partial charge in [0.1, 0.15) is 6.04 Å². The normalized spacial score (nSPS) is 20.4. The Labute approximate surface area is 159 Å². The molecule has 0 bridgehead atoms. The van der Waals surface area contributed by atoms with Crippen molar-refractivity contribution in [1.29, 1.82) is 0 Å². The van der Waals surface area contributed by atoms with E-state index in [9.17, 15) is 19.5 Å². The summed E-state index contributed by atoms with van der Waals surface area (Å²) < 4.78 is 0. The highest BCUT2D eigenvalue weighted by Crippen LogP contribution is 2.40. The van der Waals surface area contributed by atoms with Gasteiger partial charge in [0.2, 0.25) is 5.91 Å². The maximum absolute atomic E-state index is 12.4. The third kappa shape index (κ3) is 4.40. The lowest BCUT2D eigenvalue weighted by molar-refractivity contribution is -0.154. The molecule has 2 fully saturated rings. The number of piperidine rings is 2. The molecule has 2 saturated heterocycles. The molecule has 2 N–H and O–H groups in total. The minimum absolute atomic E-state index is 0.0728. The molecule has 3 rings (SSSR count). The van der Waals surface area contributed by atoms with Gasteiger partial charge in [0, 0.05) is 32.6 Å². The van der Waals surface area contributed by atoms with Gasteiger partial charge in [-0.15, -0.1) is 0 Å². The summed E-state index contributed by atoms with van der Waals surface area (Å²) in [5.41, 5.74) is 0.983. The van der Waals surface area contributed by atoms with Crippen LogP contribution in [0.5, 0.6) is 0 Å². The lowest BCUT2D eigenvalue weighted by Crippen LogP contribution is -2.56. The van der Waals surface area contributed by atoms with Crippen molar-refractivity contribution in [1.82, 2.24) is 15.1 Å². The average Bonchev–Trinajstić information content (AvgIpc) is 2.69. The number of hydrogen-bond acceptors (Lipinski definition) is 3. The van der Waals surface area contributed by atoms with Gasteiger partial charge in [-0.2, -0.15) is 0 Å². The second-order valence-corrected chi connectivity index (χ2v) is 7.67. The summed E-state index contributed by atoms with van der Waals surface area (Å²) in [5.74, 6) is -1.06. The van der Waals surface area contributed by atoms with Crippen LogP contribution in [0.15, 0.2) is 30.3 Å². The Hall–Kier alpha value is -2.57. The molecule has 27 heavy (non-hydrogen) atoms. The number of carboxylic acid groups (broad SMARTS) is 1. The highest BCUT2D eigenvalue weighted by atomic mass is 16.4. The summed E-state index contributed by atoms with van der Waals surface area (Å²) in [6.45, 7) is 3.79. The lowest BCUT2D eigenvalue weighted by atomic mass is 9.72. The van der Waals surface area contributed by atoms with Crippen LogP contribution in [0.25, 0.3) is 0 Å². The van der Waals surface area contributed by atoms with Crippen LogP contribution < -0.4 is 5.32 Å². The predicted molar refractivity (Wildman–Crippen MR) is 100.0 cm³/mol. The number of nitrogens with one attached hydrogen (secondary N) is 1. The molecule has 0 saturated carbocycles. The van der Waals surface area contributed by atoms with Gasteiger partial charge in [0.25, 0.3) is 0 Å². The van der Waals surface area contributed by atoms with E-state index in [-0.39, 0.29) is 17.4 Å². The van der Waals surface area contributed by atoms with Crippen molar-refractivity contribution < 1.29 is 19.5 Å². The number of likely N-dealkylation sites (tertiary alicyclic amines) is 2. The maximum Gasteiger partial charge on any atom is 0.326 e. The molecular weight excluding hydrogens is 346 g/mol. The Kier molecular flexibility index (Phi) is 5.68. The van der Waals surface area contributed by atoms with Gasteiger partial charge in [-0.3, -0.25) is 4.79 Å². The molecule has 1 spiro atoms. The third-order valence-electron chi connectivity index (χ3n) is 5.92. The smallest absolute Gasteiger partial charge is 0.326 e. The van der Waals surface area contributed by atoms with E-state index in [1.807, 2.05) is 35.2 Å². The van der Waals surface area contributed by atoms with Crippen LogP contribution in [0.4, 0.5) is 4.79 Å². The van der Waals surface area contributed by atoms with Crippen LogP contribution in [0.2, 0.25) is 0 Å². The predicted octanol–water partition coefficient (Wildman–Crippen LogP) is 2.07. The number of carboxylic acids is 1. The second-order valence-electron chi connectivity index (χ2n) is 7.67. The van der Waals surface area contributed by atoms with Crippen LogP contribution in [-0.2, 0) is 16.1 Å². The van der Waals surface area contributed by atoms with Crippen molar-refractivity contribution in [3.63, 3.8) is 0 Å². The van der Waals surface area contributed by atoms with Crippen molar-refractivity contribution in [3.8, 4) is 0 Å². The zero-order chi connectivity index (χ0) is 19.4. The molecule has 2 aliphatic heterocycles. The molecule has 7 nitrogen and oxygen atoms in total. The van der Waals surface area contributed by atoms with Crippen LogP contribution in [0.1, 0.15) is 38.2 Å². The molecule has 7 heteroatoms. The largest absolute Gasteiger partial charge is 0.480 e. The van der Waals surface area contributed by atoms with E-state index in [1.165, 1.54) is 4.90 Å². The van der Waals surface area contributed by atoms with E-state index in [1.54, 1.807) is 6.92 Å². The van der Waals surface area contributed by atoms with Gasteiger partial charge in [-0.1, -0.05) is 30.3 Å². The zero-order valence-corrected chi connectivity index (χ0v) is 15.7. The molecule has 2 aliphatic rings. The monoisotopic (exact) mass is 373 g/mol. The fraction of sp³-hybridized carbons (Fsp3) is 0.550. The molecule has 0 aromatic heterocycles. The Morgan fingerprint density at radius 1 is 1.19 bits per heavy atom. The summed E-state index contributed by atoms with van der Waals surface area (Å²) in [4.78, 5) is 39.2. The van der Waals surface area contributed by atoms with Gasteiger partial charge < -0.3 is 20.2 Å². The Morgan fingerprint density at radius 2 is 1.85 bits per heavy atom. The van der Waals surface area contributed by atoms with Crippen LogP contribution in [-0.4, -0.2) is 58.5 Å². The Bertz CT molecular complexity index is 698. The molecule has 0 aliphatic carbocycles. The average molecular weight is 373 g/mol. The minimum atomic E-state index is -0.974. The first-order valence-electron chi connectivity index (χ1n) is 9.49. The number of hydrogen-bond donors (Lipinski definition) is 2. The summed E-state index contributed by atoms with van der Waals surface area (Å²) >= 11 is 0. The number of rotatable bonds is 4. The fourth-order valence-electron chi connectivity index (χ4n) is 4.01. The van der Waals surface area contributed by atoms with Gasteiger partial charge >= 0.3 is 12.0 Å². The van der Waals surface area contributed by atoms with E-state index >= 15 is 0 Å². The molecule has 1 aromatic rings. The summed E-state index contributed by atoms with van der Waals surface area (Å²) in [7, 11) is 0. The SMILES string of the molecule is CC(C(=O)O)N1CC2(CCC1=O)CCN(C(=O)NCc1ccccc1)CC2. The van der Waals surface area contributed by atoms with Gasteiger partial charge in [-0.25, -0.2) is 9.59 Å². The molecular formula is C20H27N3O4. The van der Waals surface area contributed by atoms with Gasteiger partial charge in [-0.05, 0) is 37.2 Å². The van der Waals surface area contributed by atoms with Crippen LogP contribution in [0, 0.1) is 5.41 Å². The van der Waals surface area contributed by atoms with Crippen molar-refractivity contribution >= 4 is 17.9 Å². The standard InChI is InChI=1S/C20H27N3O4/c1-15(18(25)26)23-14-20(8-7-17(23)24)9-11-22(12-10-20)19(27)21-13-16-5-3-2-4-6-16/h2-6,15H,7-14H2,1H3,(H,21,27)(H,25,26). The van der Waals surface area contributed by atoms with Crippen molar-refractivity contribution in [2.24, 2.45) is 5.41 Å². The first-order chi connectivity index (χ1) is 12.9. The first kappa shape index (κ1) is 19.2. The first-order valence-corrected chi connectivity index (χ1v) is 9.49. The van der Waals surface area contributed by atoms with E-state index in [2.05, 4.69) is 5.32 Å². The quantitative estimate of drug-likeness (QED) is 0.845. The van der Waals surface area contributed by atoms with E-state index in [0.717, 1.165) is 24.8 Å². The second kappa shape index (κ2) is 7.98. The highest BCUT2D eigenvalue weighted by molar-refractivity contribution is 5.84. The van der Waals surface area contributed by atoms with E-state index in [4.69, 9.17) is 0 Å². The van der Waals surface area contributed by atoms with Crippen molar-refractivity contribution in [2.45, 2.75) is 45.2 Å². The van der Waals surface area contributed by atoms with Crippen molar-refractivity contribution in [3.05, 3.63) is 35.9 Å². The topological polar surface area (TPSA) is 90.0 Å².